The van der Waals surface area contributed by atoms with Crippen LogP contribution in [0.2, 0.25) is 0 Å². The average molecular weight is 272 g/mol. The summed E-state index contributed by atoms with van der Waals surface area (Å²) in [5.74, 6) is 0.654. The van der Waals surface area contributed by atoms with Crippen LogP contribution in [0.4, 0.5) is 0 Å². The van der Waals surface area contributed by atoms with E-state index in [0.717, 1.165) is 26.0 Å². The Morgan fingerprint density at radius 3 is 2.68 bits per heavy atom. The summed E-state index contributed by atoms with van der Waals surface area (Å²) in [6.45, 7) is 8.88. The summed E-state index contributed by atoms with van der Waals surface area (Å²) < 4.78 is 10.9. The Labute approximate surface area is 116 Å². The van der Waals surface area contributed by atoms with Crippen molar-refractivity contribution in [1.29, 1.82) is 0 Å². The first-order chi connectivity index (χ1) is 8.99. The zero-order valence-electron chi connectivity index (χ0n) is 12.6. The summed E-state index contributed by atoms with van der Waals surface area (Å²) in [5, 5.41) is 6.18. The quantitative estimate of drug-likeness (QED) is 0.690. The van der Waals surface area contributed by atoms with Crippen molar-refractivity contribution in [3.63, 3.8) is 0 Å². The maximum absolute atomic E-state index is 11.9. The molecule has 0 aromatic carbocycles. The third-order valence-corrected chi connectivity index (χ3v) is 3.64. The largest absolute Gasteiger partial charge is 0.378 e. The molecule has 5 heteroatoms. The third kappa shape index (κ3) is 5.47. The van der Waals surface area contributed by atoms with E-state index in [9.17, 15) is 4.79 Å². The standard InChI is InChI=1S/C14H28N2O3/c1-11(2)5-7-15-13(17)12(3)16-9-14(18-4)6-8-19-10-14/h11-12,16H,5-10H2,1-4H3,(H,15,17). The summed E-state index contributed by atoms with van der Waals surface area (Å²) in [4.78, 5) is 11.9. The van der Waals surface area contributed by atoms with Crippen LogP contribution in [0.3, 0.4) is 0 Å². The highest BCUT2D eigenvalue weighted by Gasteiger charge is 2.35. The van der Waals surface area contributed by atoms with E-state index in [4.69, 9.17) is 9.47 Å². The molecule has 1 heterocycles. The van der Waals surface area contributed by atoms with Gasteiger partial charge in [-0.05, 0) is 19.3 Å². The number of hydrogen-bond donors (Lipinski definition) is 2. The molecular weight excluding hydrogens is 244 g/mol. The van der Waals surface area contributed by atoms with Crippen LogP contribution in [-0.2, 0) is 14.3 Å². The van der Waals surface area contributed by atoms with Gasteiger partial charge in [-0.25, -0.2) is 0 Å². The Bertz CT molecular complexity index is 276. The lowest BCUT2D eigenvalue weighted by Crippen LogP contribution is -2.50. The molecule has 112 valence electrons. The second-order valence-electron chi connectivity index (χ2n) is 5.77. The molecule has 1 saturated heterocycles. The van der Waals surface area contributed by atoms with Gasteiger partial charge in [-0.15, -0.1) is 0 Å². The van der Waals surface area contributed by atoms with E-state index in [0.29, 0.717) is 19.1 Å². The minimum atomic E-state index is -0.271. The number of rotatable bonds is 8. The minimum absolute atomic E-state index is 0.0471. The molecule has 2 atom stereocenters. The number of nitrogens with one attached hydrogen (secondary N) is 2. The first-order valence-corrected chi connectivity index (χ1v) is 7.13. The first-order valence-electron chi connectivity index (χ1n) is 7.13. The molecule has 0 bridgehead atoms. The molecule has 5 nitrogen and oxygen atoms in total. The highest BCUT2D eigenvalue weighted by molar-refractivity contribution is 5.81. The van der Waals surface area contributed by atoms with Crippen LogP contribution in [0.25, 0.3) is 0 Å². The van der Waals surface area contributed by atoms with Crippen LogP contribution in [0.5, 0.6) is 0 Å². The van der Waals surface area contributed by atoms with E-state index in [2.05, 4.69) is 24.5 Å². The molecule has 0 radical (unpaired) electrons. The summed E-state index contributed by atoms with van der Waals surface area (Å²) in [7, 11) is 1.70. The van der Waals surface area contributed by atoms with Crippen molar-refractivity contribution in [3.8, 4) is 0 Å². The lowest BCUT2D eigenvalue weighted by atomic mass is 10.0. The van der Waals surface area contributed by atoms with Gasteiger partial charge in [0.05, 0.1) is 12.6 Å². The van der Waals surface area contributed by atoms with Gasteiger partial charge in [-0.2, -0.15) is 0 Å². The Morgan fingerprint density at radius 1 is 1.42 bits per heavy atom. The highest BCUT2D eigenvalue weighted by Crippen LogP contribution is 2.21. The van der Waals surface area contributed by atoms with Gasteiger partial charge < -0.3 is 20.1 Å². The third-order valence-electron chi connectivity index (χ3n) is 3.64. The molecule has 19 heavy (non-hydrogen) atoms. The average Bonchev–Trinajstić information content (AvgIpc) is 2.84. The lowest BCUT2D eigenvalue weighted by molar-refractivity contribution is -0.123. The molecular formula is C14H28N2O3. The Balaban J connectivity index is 2.25. The van der Waals surface area contributed by atoms with Gasteiger partial charge in [0.2, 0.25) is 5.91 Å². The predicted molar refractivity (Wildman–Crippen MR) is 75.1 cm³/mol. The summed E-state index contributed by atoms with van der Waals surface area (Å²) in [6, 6.07) is -0.209. The first kappa shape index (κ1) is 16.4. The number of carbonyl (C=O) groups is 1. The van der Waals surface area contributed by atoms with Gasteiger partial charge in [0.25, 0.3) is 0 Å². The van der Waals surface area contributed by atoms with Crippen molar-refractivity contribution in [1.82, 2.24) is 10.6 Å². The molecule has 2 N–H and O–H groups in total. The van der Waals surface area contributed by atoms with Gasteiger partial charge in [-0.3, -0.25) is 4.79 Å². The van der Waals surface area contributed by atoms with Crippen LogP contribution >= 0.6 is 0 Å². The topological polar surface area (TPSA) is 59.6 Å². The van der Waals surface area contributed by atoms with Gasteiger partial charge in [0.15, 0.2) is 0 Å². The number of methoxy groups -OCH3 is 1. The molecule has 1 rings (SSSR count). The van der Waals surface area contributed by atoms with Crippen LogP contribution in [0, 0.1) is 5.92 Å². The zero-order chi connectivity index (χ0) is 14.3. The van der Waals surface area contributed by atoms with Crippen LogP contribution in [-0.4, -0.2) is 51.0 Å². The molecule has 1 aliphatic heterocycles. The van der Waals surface area contributed by atoms with E-state index < -0.39 is 0 Å². The summed E-state index contributed by atoms with van der Waals surface area (Å²) >= 11 is 0. The monoisotopic (exact) mass is 272 g/mol. The predicted octanol–water partition coefficient (Wildman–Crippen LogP) is 0.932. The molecule has 2 unspecified atom stereocenters. The SMILES string of the molecule is COC1(CNC(C)C(=O)NCCC(C)C)CCOC1. The van der Waals surface area contributed by atoms with Crippen molar-refractivity contribution in [2.45, 2.75) is 45.3 Å². The fourth-order valence-electron chi connectivity index (χ4n) is 2.03. The molecule has 1 amide bonds. The number of carbonyl (C=O) groups excluding carboxylic acids is 1. The van der Waals surface area contributed by atoms with Gasteiger partial charge in [0, 0.05) is 33.2 Å². The van der Waals surface area contributed by atoms with Crippen molar-refractivity contribution in [2.24, 2.45) is 5.92 Å². The van der Waals surface area contributed by atoms with Crippen molar-refractivity contribution >= 4 is 5.91 Å². The van der Waals surface area contributed by atoms with E-state index in [1.54, 1.807) is 7.11 Å². The molecule has 0 aromatic rings. The van der Waals surface area contributed by atoms with Crippen molar-refractivity contribution in [2.75, 3.05) is 33.4 Å². The summed E-state index contributed by atoms with van der Waals surface area (Å²) in [5.41, 5.74) is -0.271. The Kier molecular flexibility index (Phi) is 6.75. The lowest BCUT2D eigenvalue weighted by Gasteiger charge is -2.27. The highest BCUT2D eigenvalue weighted by atomic mass is 16.5. The van der Waals surface area contributed by atoms with Crippen LogP contribution in [0.1, 0.15) is 33.6 Å². The van der Waals surface area contributed by atoms with Crippen molar-refractivity contribution in [3.05, 3.63) is 0 Å². The van der Waals surface area contributed by atoms with E-state index in [1.165, 1.54) is 0 Å². The van der Waals surface area contributed by atoms with Gasteiger partial charge in [-0.1, -0.05) is 13.8 Å². The number of hydrogen-bond acceptors (Lipinski definition) is 4. The maximum atomic E-state index is 11.9. The van der Waals surface area contributed by atoms with Crippen LogP contribution in [0.15, 0.2) is 0 Å². The second kappa shape index (κ2) is 7.82. The molecule has 1 fully saturated rings. The molecule has 0 aromatic heterocycles. The maximum Gasteiger partial charge on any atom is 0.236 e. The number of amides is 1. The zero-order valence-corrected chi connectivity index (χ0v) is 12.6. The second-order valence-corrected chi connectivity index (χ2v) is 5.77. The van der Waals surface area contributed by atoms with Crippen molar-refractivity contribution < 1.29 is 14.3 Å². The Hall–Kier alpha value is -0.650. The van der Waals surface area contributed by atoms with E-state index >= 15 is 0 Å². The van der Waals surface area contributed by atoms with Gasteiger partial charge in [0.1, 0.15) is 5.60 Å². The molecule has 1 aliphatic rings. The molecule has 0 aliphatic carbocycles. The Morgan fingerprint density at radius 2 is 2.16 bits per heavy atom. The normalized spacial score (nSPS) is 24.7. The molecule has 0 spiro atoms. The molecule has 0 saturated carbocycles. The van der Waals surface area contributed by atoms with E-state index in [-0.39, 0.29) is 17.6 Å². The smallest absolute Gasteiger partial charge is 0.236 e. The van der Waals surface area contributed by atoms with Crippen LogP contribution < -0.4 is 10.6 Å². The minimum Gasteiger partial charge on any atom is -0.378 e. The van der Waals surface area contributed by atoms with E-state index in [1.807, 2.05) is 6.92 Å². The number of ether oxygens (including phenoxy) is 2. The fourth-order valence-corrected chi connectivity index (χ4v) is 2.03. The van der Waals surface area contributed by atoms with Gasteiger partial charge >= 0.3 is 0 Å². The fraction of sp³-hybridized carbons (Fsp3) is 0.929. The summed E-state index contributed by atoms with van der Waals surface area (Å²) in [6.07, 6.45) is 1.88.